The molecule has 1 aliphatic rings. The predicted molar refractivity (Wildman–Crippen MR) is 81.6 cm³/mol. The van der Waals surface area contributed by atoms with Crippen molar-refractivity contribution in [2.24, 2.45) is 0 Å². The minimum atomic E-state index is -0.554. The highest BCUT2D eigenvalue weighted by molar-refractivity contribution is 9.10. The fourth-order valence-corrected chi connectivity index (χ4v) is 2.09. The maximum absolute atomic E-state index is 12.2. The molecule has 0 amide bonds. The Balaban J connectivity index is 2.16. The fourth-order valence-electron chi connectivity index (χ4n) is 1.76. The molecule has 1 heterocycles. The van der Waals surface area contributed by atoms with Gasteiger partial charge in [0.2, 0.25) is 0 Å². The number of hydrogen-bond donors (Lipinski definition) is 2. The average Bonchev–Trinajstić information content (AvgIpc) is 3.24. The first-order chi connectivity index (χ1) is 10.0. The van der Waals surface area contributed by atoms with Gasteiger partial charge in [-0.2, -0.15) is 0 Å². The van der Waals surface area contributed by atoms with E-state index >= 15 is 0 Å². The highest BCUT2D eigenvalue weighted by Gasteiger charge is 2.25. The van der Waals surface area contributed by atoms with Crippen LogP contribution in [0.2, 0.25) is 0 Å². The molecule has 0 atom stereocenters. The first-order valence-corrected chi connectivity index (χ1v) is 7.68. The number of ether oxygens (including phenoxy) is 1. The summed E-state index contributed by atoms with van der Waals surface area (Å²) in [5, 5.41) is 3.10. The van der Waals surface area contributed by atoms with Crippen LogP contribution in [0.25, 0.3) is 0 Å². The van der Waals surface area contributed by atoms with Gasteiger partial charge in [-0.1, -0.05) is 6.92 Å². The summed E-state index contributed by atoms with van der Waals surface area (Å²) < 4.78 is 5.17. The largest absolute Gasteiger partial charge is 0.465 e. The van der Waals surface area contributed by atoms with Crippen LogP contribution in [-0.4, -0.2) is 29.4 Å². The van der Waals surface area contributed by atoms with E-state index in [0.717, 1.165) is 12.8 Å². The molecule has 21 heavy (non-hydrogen) atoms. The third-order valence-corrected chi connectivity index (χ3v) is 3.58. The molecule has 1 aromatic heterocycles. The summed E-state index contributed by atoms with van der Waals surface area (Å²) in [5.74, 6) is -0.559. The van der Waals surface area contributed by atoms with Gasteiger partial charge in [-0.15, -0.1) is 0 Å². The second-order valence-electron chi connectivity index (χ2n) is 4.97. The number of esters is 1. The third-order valence-electron chi connectivity index (χ3n) is 2.99. The Kier molecular flexibility index (Phi) is 5.17. The van der Waals surface area contributed by atoms with Crippen molar-refractivity contribution in [2.45, 2.75) is 38.6 Å². The van der Waals surface area contributed by atoms with Crippen LogP contribution >= 0.6 is 15.9 Å². The molecular weight excluding hydrogens is 340 g/mol. The average molecular weight is 357 g/mol. The van der Waals surface area contributed by atoms with Gasteiger partial charge in [0.1, 0.15) is 12.2 Å². The number of carbonyl (C=O) groups excluding carboxylic acids is 2. The maximum Gasteiger partial charge on any atom is 0.313 e. The van der Waals surface area contributed by atoms with Crippen molar-refractivity contribution in [3.63, 3.8) is 0 Å². The van der Waals surface area contributed by atoms with Gasteiger partial charge in [0.05, 0.1) is 16.6 Å². The minimum Gasteiger partial charge on any atom is -0.465 e. The predicted octanol–water partition coefficient (Wildman–Crippen LogP) is 2.24. The number of Topliss-reactive ketones (excluding diaryl/α,β-unsaturated/α-hetero) is 1. The summed E-state index contributed by atoms with van der Waals surface area (Å²) in [6.07, 6.45) is 2.38. The van der Waals surface area contributed by atoms with Crippen LogP contribution in [0.5, 0.6) is 0 Å². The molecule has 0 aromatic carbocycles. The molecule has 1 saturated carbocycles. The number of halogens is 1. The molecule has 2 N–H and O–H groups in total. The zero-order valence-electron chi connectivity index (χ0n) is 11.7. The lowest BCUT2D eigenvalue weighted by molar-refractivity contribution is -0.142. The van der Waals surface area contributed by atoms with Gasteiger partial charge in [0.15, 0.2) is 5.78 Å². The first kappa shape index (κ1) is 15.8. The maximum atomic E-state index is 12.2. The smallest absolute Gasteiger partial charge is 0.313 e. The van der Waals surface area contributed by atoms with Gasteiger partial charge < -0.3 is 15.0 Å². The van der Waals surface area contributed by atoms with Crippen molar-refractivity contribution in [2.75, 3.05) is 11.9 Å². The number of hydrogen-bond acceptors (Lipinski definition) is 5. The molecule has 1 fully saturated rings. The van der Waals surface area contributed by atoms with Crippen LogP contribution in [0.3, 0.4) is 0 Å². The molecule has 2 rings (SSSR count). The quantitative estimate of drug-likeness (QED) is 0.444. The zero-order chi connectivity index (χ0) is 15.4. The second-order valence-corrected chi connectivity index (χ2v) is 5.83. The van der Waals surface area contributed by atoms with Gasteiger partial charge in [-0.3, -0.25) is 14.4 Å². The van der Waals surface area contributed by atoms with Crippen LogP contribution in [0.4, 0.5) is 5.82 Å². The lowest BCUT2D eigenvalue weighted by Crippen LogP contribution is -2.19. The van der Waals surface area contributed by atoms with Crippen molar-refractivity contribution < 1.29 is 14.3 Å². The summed E-state index contributed by atoms with van der Waals surface area (Å²) in [5.41, 5.74) is -0.0231. The van der Waals surface area contributed by atoms with Crippen molar-refractivity contribution in [3.8, 4) is 0 Å². The Labute approximate surface area is 130 Å². The zero-order valence-corrected chi connectivity index (χ0v) is 13.3. The summed E-state index contributed by atoms with van der Waals surface area (Å²) in [6.45, 7) is 2.18. The number of anilines is 1. The standard InChI is InChI=1S/C14H17BrN2O4/c1-2-5-21-12(19)7-11(18)9-6-10(15)14(20)17-13(9)16-8-3-4-8/h6,8H,2-5,7H2,1H3,(H2,16,17,20). The molecule has 6 nitrogen and oxygen atoms in total. The second kappa shape index (κ2) is 6.89. The molecular formula is C14H17BrN2O4. The van der Waals surface area contributed by atoms with Crippen LogP contribution in [0, 0.1) is 0 Å². The van der Waals surface area contributed by atoms with E-state index in [1.165, 1.54) is 6.07 Å². The van der Waals surface area contributed by atoms with E-state index in [9.17, 15) is 14.4 Å². The summed E-state index contributed by atoms with van der Waals surface area (Å²) in [7, 11) is 0. The Bertz CT molecular complexity index is 607. The lowest BCUT2D eigenvalue weighted by atomic mass is 10.1. The molecule has 0 bridgehead atoms. The first-order valence-electron chi connectivity index (χ1n) is 6.89. The molecule has 7 heteroatoms. The fraction of sp³-hybridized carbons (Fsp3) is 0.500. The molecule has 0 spiro atoms. The molecule has 0 radical (unpaired) electrons. The number of aromatic amines is 1. The van der Waals surface area contributed by atoms with Crippen LogP contribution in [-0.2, 0) is 9.53 Å². The van der Waals surface area contributed by atoms with E-state index in [1.807, 2.05) is 6.92 Å². The highest BCUT2D eigenvalue weighted by Crippen LogP contribution is 2.26. The Morgan fingerprint density at radius 3 is 2.81 bits per heavy atom. The number of pyridine rings is 1. The number of carbonyl (C=O) groups is 2. The normalized spacial score (nSPS) is 13.8. The van der Waals surface area contributed by atoms with Gasteiger partial charge in [-0.25, -0.2) is 0 Å². The number of nitrogens with one attached hydrogen (secondary N) is 2. The van der Waals surface area contributed by atoms with Crippen LogP contribution in [0.1, 0.15) is 43.0 Å². The molecule has 1 aliphatic carbocycles. The van der Waals surface area contributed by atoms with E-state index in [1.54, 1.807) is 0 Å². The SMILES string of the molecule is CCCOC(=O)CC(=O)c1cc(Br)c(=O)[nH]c1NC1CC1. The molecule has 114 valence electrons. The van der Waals surface area contributed by atoms with Crippen molar-refractivity contribution in [1.82, 2.24) is 4.98 Å². The van der Waals surface area contributed by atoms with Crippen molar-refractivity contribution in [3.05, 3.63) is 26.5 Å². The monoisotopic (exact) mass is 356 g/mol. The molecule has 0 aliphatic heterocycles. The number of aromatic nitrogens is 1. The van der Waals surface area contributed by atoms with E-state index in [-0.39, 0.29) is 28.3 Å². The van der Waals surface area contributed by atoms with Crippen LogP contribution in [0.15, 0.2) is 15.3 Å². The van der Waals surface area contributed by atoms with Gasteiger partial charge in [-0.05, 0) is 41.3 Å². The minimum absolute atomic E-state index is 0.258. The summed E-state index contributed by atoms with van der Waals surface area (Å²) >= 11 is 3.10. The summed E-state index contributed by atoms with van der Waals surface area (Å²) in [4.78, 5) is 38.0. The highest BCUT2D eigenvalue weighted by atomic mass is 79.9. The van der Waals surface area contributed by atoms with E-state index in [2.05, 4.69) is 26.2 Å². The van der Waals surface area contributed by atoms with Crippen LogP contribution < -0.4 is 10.9 Å². The molecule has 0 saturated heterocycles. The van der Waals surface area contributed by atoms with E-state index in [4.69, 9.17) is 4.74 Å². The van der Waals surface area contributed by atoms with Crippen molar-refractivity contribution >= 4 is 33.5 Å². The van der Waals surface area contributed by atoms with Gasteiger partial charge >= 0.3 is 5.97 Å². The van der Waals surface area contributed by atoms with Gasteiger partial charge in [0, 0.05) is 6.04 Å². The molecule has 0 unspecified atom stereocenters. The van der Waals surface area contributed by atoms with Crippen molar-refractivity contribution in [1.29, 1.82) is 0 Å². The van der Waals surface area contributed by atoms with Gasteiger partial charge in [0.25, 0.3) is 5.56 Å². The Morgan fingerprint density at radius 1 is 1.48 bits per heavy atom. The van der Waals surface area contributed by atoms with E-state index < -0.39 is 5.97 Å². The third kappa shape index (κ3) is 4.42. The molecule has 1 aromatic rings. The Hall–Kier alpha value is -1.63. The topological polar surface area (TPSA) is 88.3 Å². The number of H-pyrrole nitrogens is 1. The number of rotatable bonds is 7. The summed E-state index contributed by atoms with van der Waals surface area (Å²) in [6, 6.07) is 1.72. The Morgan fingerprint density at radius 2 is 2.19 bits per heavy atom. The lowest BCUT2D eigenvalue weighted by Gasteiger charge is -2.10. The number of ketones is 1. The van der Waals surface area contributed by atoms with E-state index in [0.29, 0.717) is 24.4 Å².